The second-order valence-electron chi connectivity index (χ2n) is 8.30. The van der Waals surface area contributed by atoms with Gasteiger partial charge in [-0.05, 0) is 77.2 Å². The van der Waals surface area contributed by atoms with Crippen LogP contribution in [0, 0.1) is 5.92 Å². The molecule has 27 heavy (non-hydrogen) atoms. The Balaban J connectivity index is 2.92. The number of hydrogen-bond donors (Lipinski definition) is 1. The number of carbonyl (C=O) groups is 1. The van der Waals surface area contributed by atoms with Gasteiger partial charge in [0.25, 0.3) is 0 Å². The fourth-order valence-corrected chi connectivity index (χ4v) is 4.61. The third-order valence-electron chi connectivity index (χ3n) is 4.94. The minimum Gasteiger partial charge on any atom is -0.489 e. The van der Waals surface area contributed by atoms with Crippen LogP contribution >= 0.6 is 15.9 Å². The normalized spacial score (nSPS) is 16.8. The maximum atomic E-state index is 14.3. The number of allylic oxidation sites excluding steroid dienone is 3. The Labute approximate surface area is 169 Å². The van der Waals surface area contributed by atoms with E-state index < -0.39 is 11.8 Å². The fraction of sp³-hybridized carbons (Fsp3) is 0.500. The van der Waals surface area contributed by atoms with Crippen molar-refractivity contribution >= 4 is 33.0 Å². The summed E-state index contributed by atoms with van der Waals surface area (Å²) in [7, 11) is 0. The number of carboxylic acid groups (broad SMARTS) is 1. The highest BCUT2D eigenvalue weighted by Crippen LogP contribution is 2.50. The van der Waals surface area contributed by atoms with Crippen molar-refractivity contribution in [1.82, 2.24) is 0 Å². The summed E-state index contributed by atoms with van der Waals surface area (Å²) in [6.45, 7) is 13.9. The Kier molecular flexibility index (Phi) is 6.25. The van der Waals surface area contributed by atoms with E-state index in [2.05, 4.69) is 49.7 Å². The molecule has 1 aliphatic rings. The standard InChI is InChI=1S/C22H28BrFO3/c1-11(2)14-8-9-22(6,7)17-16(14)10-15(13(5)19(24)21(25)26)20(18(17)23)27-12(3)4/h8,10-12H,9H2,1-7H3,(H,25,26). The number of rotatable bonds is 5. The van der Waals surface area contributed by atoms with Gasteiger partial charge in [-0.2, -0.15) is 4.39 Å². The van der Waals surface area contributed by atoms with Gasteiger partial charge >= 0.3 is 5.97 Å². The lowest BCUT2D eigenvalue weighted by atomic mass is 9.70. The molecule has 0 fully saturated rings. The van der Waals surface area contributed by atoms with E-state index in [4.69, 9.17) is 9.84 Å². The molecule has 1 aromatic rings. The topological polar surface area (TPSA) is 46.5 Å². The molecule has 0 radical (unpaired) electrons. The van der Waals surface area contributed by atoms with Crippen molar-refractivity contribution in [3.8, 4) is 5.75 Å². The smallest absolute Gasteiger partial charge is 0.365 e. The quantitative estimate of drug-likeness (QED) is 0.517. The molecule has 5 heteroatoms. The Morgan fingerprint density at radius 1 is 1.30 bits per heavy atom. The minimum atomic E-state index is -1.57. The molecule has 3 nitrogen and oxygen atoms in total. The van der Waals surface area contributed by atoms with E-state index in [0.29, 0.717) is 17.2 Å². The van der Waals surface area contributed by atoms with Crippen molar-refractivity contribution in [2.75, 3.05) is 0 Å². The van der Waals surface area contributed by atoms with Crippen molar-refractivity contribution in [2.24, 2.45) is 5.92 Å². The summed E-state index contributed by atoms with van der Waals surface area (Å²) < 4.78 is 21.1. The summed E-state index contributed by atoms with van der Waals surface area (Å²) in [6.07, 6.45) is 2.99. The molecule has 0 spiro atoms. The number of ether oxygens (including phenoxy) is 1. The number of benzene rings is 1. The first-order valence-electron chi connectivity index (χ1n) is 9.22. The number of aliphatic carboxylic acids is 1. The molecule has 0 aliphatic heterocycles. The van der Waals surface area contributed by atoms with E-state index in [1.807, 2.05) is 19.9 Å². The van der Waals surface area contributed by atoms with Gasteiger partial charge in [-0.15, -0.1) is 0 Å². The molecule has 0 saturated heterocycles. The van der Waals surface area contributed by atoms with Crippen LogP contribution < -0.4 is 4.74 Å². The molecule has 1 N–H and O–H groups in total. The van der Waals surface area contributed by atoms with Gasteiger partial charge in [0.2, 0.25) is 5.83 Å². The first kappa shape index (κ1) is 21.7. The van der Waals surface area contributed by atoms with Gasteiger partial charge in [0, 0.05) is 11.1 Å². The van der Waals surface area contributed by atoms with E-state index in [-0.39, 0.29) is 17.1 Å². The lowest BCUT2D eigenvalue weighted by molar-refractivity contribution is -0.134. The van der Waals surface area contributed by atoms with Gasteiger partial charge in [-0.3, -0.25) is 0 Å². The molecule has 0 aromatic heterocycles. The van der Waals surface area contributed by atoms with Crippen LogP contribution in [0.3, 0.4) is 0 Å². The Morgan fingerprint density at radius 2 is 1.89 bits per heavy atom. The molecule has 0 unspecified atom stereocenters. The molecular formula is C22H28BrFO3. The first-order valence-corrected chi connectivity index (χ1v) is 10.0. The molecule has 2 rings (SSSR count). The highest BCUT2D eigenvalue weighted by atomic mass is 79.9. The Bertz CT molecular complexity index is 832. The largest absolute Gasteiger partial charge is 0.489 e. The molecule has 1 aromatic carbocycles. The molecule has 0 bridgehead atoms. The van der Waals surface area contributed by atoms with Crippen molar-refractivity contribution in [3.05, 3.63) is 39.1 Å². The second-order valence-corrected chi connectivity index (χ2v) is 9.10. The van der Waals surface area contributed by atoms with Gasteiger partial charge in [0.1, 0.15) is 5.75 Å². The third-order valence-corrected chi connectivity index (χ3v) is 5.69. The molecule has 0 heterocycles. The molecular weight excluding hydrogens is 411 g/mol. The van der Waals surface area contributed by atoms with Crippen LogP contribution in [-0.4, -0.2) is 17.2 Å². The predicted octanol–water partition coefficient (Wildman–Crippen LogP) is 6.74. The van der Waals surface area contributed by atoms with Gasteiger partial charge in [0.05, 0.1) is 10.6 Å². The van der Waals surface area contributed by atoms with Gasteiger partial charge in [-0.1, -0.05) is 33.8 Å². The van der Waals surface area contributed by atoms with Crippen molar-refractivity contribution in [2.45, 2.75) is 66.4 Å². The Morgan fingerprint density at radius 3 is 2.37 bits per heavy atom. The zero-order valence-electron chi connectivity index (χ0n) is 17.0. The van der Waals surface area contributed by atoms with E-state index in [9.17, 15) is 9.18 Å². The fourth-order valence-electron chi connectivity index (χ4n) is 3.55. The van der Waals surface area contributed by atoms with Crippen molar-refractivity contribution < 1.29 is 19.0 Å². The second kappa shape index (κ2) is 7.78. The summed E-state index contributed by atoms with van der Waals surface area (Å²) in [5.41, 5.74) is 3.74. The van der Waals surface area contributed by atoms with Crippen LogP contribution in [0.4, 0.5) is 4.39 Å². The molecule has 0 atom stereocenters. The highest BCUT2D eigenvalue weighted by molar-refractivity contribution is 9.10. The number of hydrogen-bond acceptors (Lipinski definition) is 2. The van der Waals surface area contributed by atoms with E-state index in [1.54, 1.807) is 0 Å². The van der Waals surface area contributed by atoms with Crippen LogP contribution in [0.15, 0.2) is 22.4 Å². The highest BCUT2D eigenvalue weighted by Gasteiger charge is 2.34. The lowest BCUT2D eigenvalue weighted by Gasteiger charge is -2.36. The van der Waals surface area contributed by atoms with E-state index >= 15 is 0 Å². The van der Waals surface area contributed by atoms with Crippen LogP contribution in [-0.2, 0) is 10.2 Å². The number of fused-ring (bicyclic) bond motifs is 1. The molecule has 148 valence electrons. The summed E-state index contributed by atoms with van der Waals surface area (Å²) >= 11 is 3.71. The number of carboxylic acids is 1. The van der Waals surface area contributed by atoms with Gasteiger partial charge in [-0.25, -0.2) is 4.79 Å². The average molecular weight is 439 g/mol. The van der Waals surface area contributed by atoms with Crippen LogP contribution in [0.5, 0.6) is 5.75 Å². The first-order chi connectivity index (χ1) is 12.4. The monoisotopic (exact) mass is 438 g/mol. The maximum Gasteiger partial charge on any atom is 0.365 e. The van der Waals surface area contributed by atoms with E-state index in [0.717, 1.165) is 22.0 Å². The SMILES string of the molecule is CC(=C(F)C(=O)O)c1cc2c(c(Br)c1OC(C)C)C(C)(C)CC=C2C(C)C. The van der Waals surface area contributed by atoms with E-state index in [1.165, 1.54) is 12.5 Å². The number of halogens is 2. The molecule has 0 amide bonds. The Hall–Kier alpha value is -1.62. The van der Waals surface area contributed by atoms with Crippen LogP contribution in [0.1, 0.15) is 71.6 Å². The third kappa shape index (κ3) is 4.13. The lowest BCUT2D eigenvalue weighted by Crippen LogP contribution is -2.24. The predicted molar refractivity (Wildman–Crippen MR) is 112 cm³/mol. The van der Waals surface area contributed by atoms with Crippen molar-refractivity contribution in [1.29, 1.82) is 0 Å². The minimum absolute atomic E-state index is 0.0631. The summed E-state index contributed by atoms with van der Waals surface area (Å²) in [5.74, 6) is -1.95. The molecule has 0 saturated carbocycles. The van der Waals surface area contributed by atoms with Crippen LogP contribution in [0.2, 0.25) is 0 Å². The maximum absolute atomic E-state index is 14.3. The summed E-state index contributed by atoms with van der Waals surface area (Å²) in [4.78, 5) is 11.2. The summed E-state index contributed by atoms with van der Waals surface area (Å²) in [5, 5.41) is 9.12. The zero-order chi connectivity index (χ0) is 20.7. The summed E-state index contributed by atoms with van der Waals surface area (Å²) in [6, 6.07) is 1.89. The zero-order valence-corrected chi connectivity index (χ0v) is 18.6. The van der Waals surface area contributed by atoms with Gasteiger partial charge < -0.3 is 9.84 Å². The van der Waals surface area contributed by atoms with Crippen LogP contribution in [0.25, 0.3) is 11.1 Å². The average Bonchev–Trinajstić information content (AvgIpc) is 2.54. The van der Waals surface area contributed by atoms with Gasteiger partial charge in [0.15, 0.2) is 0 Å². The van der Waals surface area contributed by atoms with Crippen molar-refractivity contribution in [3.63, 3.8) is 0 Å². The molecule has 1 aliphatic carbocycles.